The molecule has 0 heterocycles. The molecule has 1 rings (SSSR count). The molecule has 0 fully saturated rings. The molecule has 0 bridgehead atoms. The fourth-order valence-electron chi connectivity index (χ4n) is 1.41. The highest BCUT2D eigenvalue weighted by Gasteiger charge is 2.18. The Morgan fingerprint density at radius 2 is 1.95 bits per heavy atom. The molecule has 0 saturated heterocycles. The summed E-state index contributed by atoms with van der Waals surface area (Å²) in [4.78, 5) is 24.0. The van der Waals surface area contributed by atoms with Crippen molar-refractivity contribution in [2.75, 3.05) is 18.0 Å². The third-order valence-electron chi connectivity index (χ3n) is 2.32. The summed E-state index contributed by atoms with van der Waals surface area (Å²) in [6.07, 6.45) is 0. The summed E-state index contributed by atoms with van der Waals surface area (Å²) in [6, 6.07) is 6.58. The number of anilines is 1. The van der Waals surface area contributed by atoms with Crippen LogP contribution in [-0.2, 0) is 4.79 Å². The topological polar surface area (TPSA) is 69.6 Å². The molecule has 0 atom stereocenters. The lowest BCUT2D eigenvalue weighted by Crippen LogP contribution is -2.43. The van der Waals surface area contributed by atoms with Crippen LogP contribution >= 0.6 is 15.9 Å². The number of hydrogen-bond acceptors (Lipinski definition) is 2. The van der Waals surface area contributed by atoms with Crippen LogP contribution in [0.4, 0.5) is 10.5 Å². The van der Waals surface area contributed by atoms with Gasteiger partial charge in [-0.15, -0.1) is 0 Å². The summed E-state index contributed by atoms with van der Waals surface area (Å²) >= 11 is 3.12. The molecule has 0 aromatic heterocycles. The average molecular weight is 327 g/mol. The molecule has 5 nitrogen and oxygen atoms in total. The Balaban J connectivity index is 2.87. The number of amides is 2. The van der Waals surface area contributed by atoms with Crippen molar-refractivity contribution < 1.29 is 14.7 Å². The number of benzene rings is 1. The van der Waals surface area contributed by atoms with E-state index < -0.39 is 18.5 Å². The van der Waals surface area contributed by atoms with Gasteiger partial charge in [0.1, 0.15) is 6.54 Å². The minimum atomic E-state index is -1.08. The van der Waals surface area contributed by atoms with E-state index in [-0.39, 0.29) is 6.54 Å². The highest BCUT2D eigenvalue weighted by atomic mass is 79.9. The van der Waals surface area contributed by atoms with E-state index in [4.69, 9.17) is 5.11 Å². The van der Waals surface area contributed by atoms with Crippen molar-refractivity contribution in [3.05, 3.63) is 40.9 Å². The summed E-state index contributed by atoms with van der Waals surface area (Å²) in [5.74, 6) is -1.08. The smallest absolute Gasteiger partial charge is 0.323 e. The van der Waals surface area contributed by atoms with Gasteiger partial charge in [0.2, 0.25) is 0 Å². The molecular weight excluding hydrogens is 312 g/mol. The van der Waals surface area contributed by atoms with Gasteiger partial charge in [0, 0.05) is 10.2 Å². The Hall–Kier alpha value is -1.82. The van der Waals surface area contributed by atoms with Crippen LogP contribution in [0.25, 0.3) is 0 Å². The van der Waals surface area contributed by atoms with Gasteiger partial charge < -0.3 is 10.4 Å². The minimum absolute atomic E-state index is 0.237. The van der Waals surface area contributed by atoms with E-state index in [9.17, 15) is 9.59 Å². The van der Waals surface area contributed by atoms with Gasteiger partial charge in [-0.25, -0.2) is 4.79 Å². The van der Waals surface area contributed by atoms with Gasteiger partial charge in [0.25, 0.3) is 0 Å². The SMILES string of the molecule is C=C(Br)CNC(=O)N(CC(=O)O)c1ccc(C)cc1. The lowest BCUT2D eigenvalue weighted by atomic mass is 10.2. The van der Waals surface area contributed by atoms with Crippen LogP contribution in [0.2, 0.25) is 0 Å². The molecular formula is C13H15BrN2O3. The Labute approximate surface area is 120 Å². The number of carboxylic acids is 1. The van der Waals surface area contributed by atoms with Gasteiger partial charge in [0.15, 0.2) is 0 Å². The Morgan fingerprint density at radius 1 is 1.37 bits per heavy atom. The largest absolute Gasteiger partial charge is 0.480 e. The Morgan fingerprint density at radius 3 is 2.42 bits per heavy atom. The number of halogens is 1. The molecule has 0 unspecified atom stereocenters. The molecule has 1 aromatic carbocycles. The van der Waals surface area contributed by atoms with Crippen molar-refractivity contribution in [3.63, 3.8) is 0 Å². The molecule has 2 N–H and O–H groups in total. The number of carbonyl (C=O) groups excluding carboxylic acids is 1. The van der Waals surface area contributed by atoms with Crippen molar-refractivity contribution >= 4 is 33.6 Å². The van der Waals surface area contributed by atoms with Crippen molar-refractivity contribution in [2.24, 2.45) is 0 Å². The van der Waals surface area contributed by atoms with E-state index in [2.05, 4.69) is 27.8 Å². The second-order valence-electron chi connectivity index (χ2n) is 3.99. The number of rotatable bonds is 5. The minimum Gasteiger partial charge on any atom is -0.480 e. The fourth-order valence-corrected chi connectivity index (χ4v) is 1.55. The first-order chi connectivity index (χ1) is 8.90. The molecule has 0 aliphatic carbocycles. The summed E-state index contributed by atoms with van der Waals surface area (Å²) in [5, 5.41) is 11.5. The van der Waals surface area contributed by atoms with Crippen molar-refractivity contribution in [2.45, 2.75) is 6.92 Å². The third kappa shape index (κ3) is 5.13. The summed E-state index contributed by atoms with van der Waals surface area (Å²) in [6.45, 7) is 5.35. The van der Waals surface area contributed by atoms with Crippen LogP contribution in [0.3, 0.4) is 0 Å². The number of aliphatic carboxylic acids is 1. The number of carbonyl (C=O) groups is 2. The predicted molar refractivity (Wildman–Crippen MR) is 77.6 cm³/mol. The standard InChI is InChI=1S/C13H15BrN2O3/c1-9-3-5-11(6-4-9)16(8-12(17)18)13(19)15-7-10(2)14/h3-6H,2,7-8H2,1H3,(H,15,19)(H,17,18). The molecule has 2 amide bonds. The number of hydrogen-bond donors (Lipinski definition) is 2. The van der Waals surface area contributed by atoms with E-state index in [1.165, 1.54) is 0 Å². The molecule has 0 aliphatic heterocycles. The van der Waals surface area contributed by atoms with Crippen molar-refractivity contribution in [1.29, 1.82) is 0 Å². The van der Waals surface area contributed by atoms with E-state index in [1.54, 1.807) is 12.1 Å². The molecule has 19 heavy (non-hydrogen) atoms. The fraction of sp³-hybridized carbons (Fsp3) is 0.231. The van der Waals surface area contributed by atoms with Crippen LogP contribution in [0.15, 0.2) is 35.3 Å². The molecule has 1 aromatic rings. The average Bonchev–Trinajstić information content (AvgIpc) is 2.34. The van der Waals surface area contributed by atoms with Gasteiger partial charge in [-0.2, -0.15) is 0 Å². The Kier molecular flexibility index (Phi) is 5.57. The number of aryl methyl sites for hydroxylation is 1. The molecule has 6 heteroatoms. The van der Waals surface area contributed by atoms with Crippen molar-refractivity contribution in [1.82, 2.24) is 5.32 Å². The first-order valence-electron chi connectivity index (χ1n) is 5.57. The van der Waals surface area contributed by atoms with Gasteiger partial charge in [-0.05, 0) is 19.1 Å². The number of nitrogens with zero attached hydrogens (tertiary/aromatic N) is 1. The first kappa shape index (κ1) is 15.2. The van der Waals surface area contributed by atoms with E-state index in [0.717, 1.165) is 10.5 Å². The van der Waals surface area contributed by atoms with Gasteiger partial charge in [-0.3, -0.25) is 9.69 Å². The summed E-state index contributed by atoms with van der Waals surface area (Å²) in [5.41, 5.74) is 1.57. The quantitative estimate of drug-likeness (QED) is 0.873. The van der Waals surface area contributed by atoms with E-state index in [1.807, 2.05) is 19.1 Å². The molecule has 102 valence electrons. The third-order valence-corrected chi connectivity index (χ3v) is 2.60. The zero-order valence-corrected chi connectivity index (χ0v) is 12.1. The maximum Gasteiger partial charge on any atom is 0.323 e. The van der Waals surface area contributed by atoms with Crippen LogP contribution < -0.4 is 10.2 Å². The van der Waals surface area contributed by atoms with Crippen LogP contribution in [0, 0.1) is 6.92 Å². The van der Waals surface area contributed by atoms with Gasteiger partial charge in [-0.1, -0.05) is 40.2 Å². The van der Waals surface area contributed by atoms with Crippen LogP contribution in [0.5, 0.6) is 0 Å². The maximum atomic E-state index is 12.0. The predicted octanol–water partition coefficient (Wildman–Crippen LogP) is 2.50. The summed E-state index contributed by atoms with van der Waals surface area (Å²) < 4.78 is 0.611. The van der Waals surface area contributed by atoms with E-state index >= 15 is 0 Å². The summed E-state index contributed by atoms with van der Waals surface area (Å²) in [7, 11) is 0. The van der Waals surface area contributed by atoms with Crippen LogP contribution in [-0.4, -0.2) is 30.2 Å². The normalized spacial score (nSPS) is 9.79. The van der Waals surface area contributed by atoms with E-state index in [0.29, 0.717) is 10.2 Å². The highest BCUT2D eigenvalue weighted by molar-refractivity contribution is 9.11. The lowest BCUT2D eigenvalue weighted by molar-refractivity contribution is -0.135. The zero-order valence-electron chi connectivity index (χ0n) is 10.5. The first-order valence-corrected chi connectivity index (χ1v) is 6.36. The lowest BCUT2D eigenvalue weighted by Gasteiger charge is -2.21. The molecule has 0 saturated carbocycles. The second-order valence-corrected chi connectivity index (χ2v) is 5.11. The van der Waals surface area contributed by atoms with Crippen molar-refractivity contribution in [3.8, 4) is 0 Å². The number of nitrogens with one attached hydrogen (secondary N) is 1. The maximum absolute atomic E-state index is 12.0. The Bertz CT molecular complexity index is 485. The molecule has 0 spiro atoms. The molecule has 0 radical (unpaired) electrons. The highest BCUT2D eigenvalue weighted by Crippen LogP contribution is 2.15. The molecule has 0 aliphatic rings. The number of carboxylic acid groups (broad SMARTS) is 1. The van der Waals surface area contributed by atoms with Gasteiger partial charge >= 0.3 is 12.0 Å². The second kappa shape index (κ2) is 6.94. The number of urea groups is 1. The van der Waals surface area contributed by atoms with Crippen LogP contribution in [0.1, 0.15) is 5.56 Å². The monoisotopic (exact) mass is 326 g/mol. The van der Waals surface area contributed by atoms with Gasteiger partial charge in [0.05, 0.1) is 6.54 Å². The zero-order chi connectivity index (χ0) is 14.4.